The molecule has 0 radical (unpaired) electrons. The number of carboxylic acid groups (broad SMARTS) is 1. The van der Waals surface area contributed by atoms with Crippen LogP contribution in [0.25, 0.3) is 0 Å². The lowest BCUT2D eigenvalue weighted by Gasteiger charge is -2.21. The quantitative estimate of drug-likeness (QED) is 0.580. The van der Waals surface area contributed by atoms with Gasteiger partial charge < -0.3 is 24.9 Å². The van der Waals surface area contributed by atoms with E-state index in [1.807, 2.05) is 41.2 Å². The number of carbonyl (C=O) groups is 1. The van der Waals surface area contributed by atoms with Gasteiger partial charge in [-0.1, -0.05) is 54.2 Å². The first kappa shape index (κ1) is 19.0. The zero-order valence-electron chi connectivity index (χ0n) is 14.8. The number of hydrogen-bond donors (Lipinski definition) is 2. The molecule has 0 spiro atoms. The molecule has 2 aromatic carbocycles. The van der Waals surface area contributed by atoms with Crippen molar-refractivity contribution in [3.05, 3.63) is 77.6 Å². The minimum atomic E-state index is -1.18. The van der Waals surface area contributed by atoms with E-state index in [-0.39, 0.29) is 6.61 Å². The lowest BCUT2D eigenvalue weighted by atomic mass is 10.1. The fourth-order valence-corrected chi connectivity index (χ4v) is 3.39. The molecule has 6 nitrogen and oxygen atoms in total. The average molecular weight is 382 g/mol. The number of imidazole rings is 1. The molecule has 140 valence electrons. The Morgan fingerprint density at radius 1 is 1.22 bits per heavy atom. The van der Waals surface area contributed by atoms with E-state index in [1.54, 1.807) is 30.5 Å². The smallest absolute Gasteiger partial charge is 0.168 e. The molecule has 1 unspecified atom stereocenters. The predicted octanol–water partition coefficient (Wildman–Crippen LogP) is 2.05. The highest BCUT2D eigenvalue weighted by molar-refractivity contribution is 7.98. The molecule has 0 aliphatic heterocycles. The van der Waals surface area contributed by atoms with Gasteiger partial charge in [0, 0.05) is 12.2 Å². The third-order valence-electron chi connectivity index (χ3n) is 4.22. The van der Waals surface area contributed by atoms with E-state index in [2.05, 4.69) is 10.3 Å². The summed E-state index contributed by atoms with van der Waals surface area (Å²) in [6.45, 7) is 0.506. The molecule has 0 aliphatic carbocycles. The van der Waals surface area contributed by atoms with Crippen molar-refractivity contribution < 1.29 is 15.0 Å². The molecule has 0 aliphatic rings. The average Bonchev–Trinajstić information content (AvgIpc) is 3.09. The van der Waals surface area contributed by atoms with E-state index in [9.17, 15) is 15.0 Å². The first-order valence-corrected chi connectivity index (χ1v) is 9.65. The first-order valence-electron chi connectivity index (χ1n) is 8.43. The number of thioether (sulfide) groups is 1. The van der Waals surface area contributed by atoms with Crippen LogP contribution in [0.5, 0.6) is 0 Å². The molecule has 1 aromatic heterocycles. The summed E-state index contributed by atoms with van der Waals surface area (Å²) in [5.41, 5.74) is 3.10. The van der Waals surface area contributed by atoms with Crippen LogP contribution in [0.1, 0.15) is 22.9 Å². The third kappa shape index (κ3) is 4.50. The molecule has 1 heterocycles. The number of aliphatic hydroxyl groups is 1. The molecule has 3 rings (SSSR count). The van der Waals surface area contributed by atoms with Gasteiger partial charge in [0.25, 0.3) is 0 Å². The molecule has 0 saturated carbocycles. The van der Waals surface area contributed by atoms with Crippen molar-refractivity contribution >= 4 is 23.4 Å². The SMILES string of the molecule is CSc1ncc(CO)n1Cc1ccc(NC(C(=O)[O-])c2ccccc2)cc1. The lowest BCUT2D eigenvalue weighted by Crippen LogP contribution is -2.34. The third-order valence-corrected chi connectivity index (χ3v) is 4.91. The van der Waals surface area contributed by atoms with Gasteiger partial charge in [0.15, 0.2) is 5.16 Å². The summed E-state index contributed by atoms with van der Waals surface area (Å²) in [5, 5.41) is 24.8. The Morgan fingerprint density at radius 3 is 2.52 bits per heavy atom. The zero-order valence-corrected chi connectivity index (χ0v) is 15.6. The summed E-state index contributed by atoms with van der Waals surface area (Å²) in [5.74, 6) is -1.18. The van der Waals surface area contributed by atoms with Gasteiger partial charge in [-0.25, -0.2) is 4.98 Å². The highest BCUT2D eigenvalue weighted by Gasteiger charge is 2.13. The molecule has 3 aromatic rings. The van der Waals surface area contributed by atoms with Crippen LogP contribution in [0.3, 0.4) is 0 Å². The van der Waals surface area contributed by atoms with Gasteiger partial charge in [0.1, 0.15) is 0 Å². The van der Waals surface area contributed by atoms with Crippen molar-refractivity contribution in [2.45, 2.75) is 24.3 Å². The second kappa shape index (κ2) is 8.75. The van der Waals surface area contributed by atoms with Gasteiger partial charge in [-0.3, -0.25) is 0 Å². The molecule has 0 amide bonds. The number of carboxylic acids is 1. The summed E-state index contributed by atoms with van der Waals surface area (Å²) >= 11 is 1.52. The van der Waals surface area contributed by atoms with Crippen molar-refractivity contribution in [1.29, 1.82) is 0 Å². The molecular formula is C20H20N3O3S-. The van der Waals surface area contributed by atoms with E-state index in [1.165, 1.54) is 11.8 Å². The van der Waals surface area contributed by atoms with E-state index < -0.39 is 12.0 Å². The maximum Gasteiger partial charge on any atom is 0.168 e. The summed E-state index contributed by atoms with van der Waals surface area (Å²) < 4.78 is 1.96. The van der Waals surface area contributed by atoms with Gasteiger partial charge in [-0.15, -0.1) is 0 Å². The first-order chi connectivity index (χ1) is 13.1. The Kier molecular flexibility index (Phi) is 6.16. The van der Waals surface area contributed by atoms with E-state index in [4.69, 9.17) is 0 Å². The van der Waals surface area contributed by atoms with Crippen LogP contribution in [-0.4, -0.2) is 26.9 Å². The number of nitrogens with one attached hydrogen (secondary N) is 1. The fraction of sp³-hybridized carbons (Fsp3) is 0.200. The Balaban J connectivity index is 1.75. The van der Waals surface area contributed by atoms with Crippen LogP contribution < -0.4 is 10.4 Å². The van der Waals surface area contributed by atoms with E-state index >= 15 is 0 Å². The Morgan fingerprint density at radius 2 is 1.93 bits per heavy atom. The number of aromatic nitrogens is 2. The van der Waals surface area contributed by atoms with Crippen molar-refractivity contribution in [2.24, 2.45) is 0 Å². The zero-order chi connectivity index (χ0) is 19.2. The second-order valence-corrected chi connectivity index (χ2v) is 6.76. The highest BCUT2D eigenvalue weighted by Crippen LogP contribution is 2.22. The van der Waals surface area contributed by atoms with Gasteiger partial charge in [-0.05, 0) is 29.5 Å². The van der Waals surface area contributed by atoms with E-state index in [0.717, 1.165) is 16.4 Å². The fourth-order valence-electron chi connectivity index (χ4n) is 2.83. The van der Waals surface area contributed by atoms with Crippen molar-refractivity contribution in [3.63, 3.8) is 0 Å². The molecule has 0 fully saturated rings. The standard InChI is InChI=1S/C20H21N3O3S/c1-27-20-21-11-17(13-24)23(20)12-14-7-9-16(10-8-14)22-18(19(25)26)15-5-3-2-4-6-15/h2-11,18,22,24H,12-13H2,1H3,(H,25,26)/p-1. The Hall–Kier alpha value is -2.77. The van der Waals surface area contributed by atoms with E-state index in [0.29, 0.717) is 17.8 Å². The van der Waals surface area contributed by atoms with Gasteiger partial charge in [0.2, 0.25) is 0 Å². The summed E-state index contributed by atoms with van der Waals surface area (Å²) in [4.78, 5) is 15.8. The molecule has 7 heteroatoms. The molecule has 27 heavy (non-hydrogen) atoms. The maximum atomic E-state index is 11.5. The van der Waals surface area contributed by atoms with Crippen LogP contribution in [0.4, 0.5) is 5.69 Å². The summed E-state index contributed by atoms with van der Waals surface area (Å²) in [7, 11) is 0. The van der Waals surface area contributed by atoms with Crippen LogP contribution in [-0.2, 0) is 17.9 Å². The number of aliphatic carboxylic acids is 1. The van der Waals surface area contributed by atoms with Crippen molar-refractivity contribution in [2.75, 3.05) is 11.6 Å². The number of nitrogens with zero attached hydrogens (tertiary/aromatic N) is 2. The lowest BCUT2D eigenvalue weighted by molar-refractivity contribution is -0.307. The maximum absolute atomic E-state index is 11.5. The van der Waals surface area contributed by atoms with Crippen LogP contribution in [0.15, 0.2) is 66.0 Å². The van der Waals surface area contributed by atoms with Gasteiger partial charge in [-0.2, -0.15) is 0 Å². The Labute approximate surface area is 161 Å². The predicted molar refractivity (Wildman–Crippen MR) is 103 cm³/mol. The monoisotopic (exact) mass is 382 g/mol. The molecule has 1 atom stereocenters. The number of carbonyl (C=O) groups excluding carboxylic acids is 1. The number of hydrogen-bond acceptors (Lipinski definition) is 6. The number of rotatable bonds is 8. The number of aliphatic hydroxyl groups excluding tert-OH is 1. The normalized spacial score (nSPS) is 11.9. The molecule has 2 N–H and O–H groups in total. The van der Waals surface area contributed by atoms with Crippen molar-refractivity contribution in [1.82, 2.24) is 9.55 Å². The van der Waals surface area contributed by atoms with Crippen LogP contribution >= 0.6 is 11.8 Å². The summed E-state index contributed by atoms with van der Waals surface area (Å²) in [6, 6.07) is 15.5. The van der Waals surface area contributed by atoms with Crippen LogP contribution in [0.2, 0.25) is 0 Å². The Bertz CT molecular complexity index is 873. The number of benzene rings is 2. The van der Waals surface area contributed by atoms with Crippen molar-refractivity contribution in [3.8, 4) is 0 Å². The highest BCUT2D eigenvalue weighted by atomic mass is 32.2. The topological polar surface area (TPSA) is 90.2 Å². The largest absolute Gasteiger partial charge is 0.548 e. The summed E-state index contributed by atoms with van der Waals surface area (Å²) in [6.07, 6.45) is 3.61. The molecular weight excluding hydrogens is 362 g/mol. The molecule has 0 bridgehead atoms. The second-order valence-electron chi connectivity index (χ2n) is 5.98. The number of anilines is 1. The van der Waals surface area contributed by atoms with Gasteiger partial charge in [0.05, 0.1) is 30.5 Å². The minimum Gasteiger partial charge on any atom is -0.548 e. The minimum absolute atomic E-state index is 0.0719. The molecule has 0 saturated heterocycles. The van der Waals surface area contributed by atoms with Crippen LogP contribution in [0, 0.1) is 0 Å². The van der Waals surface area contributed by atoms with Gasteiger partial charge >= 0.3 is 0 Å².